The van der Waals surface area contributed by atoms with Gasteiger partial charge in [0.05, 0.1) is 0 Å². The first-order valence-corrected chi connectivity index (χ1v) is 13.6. The van der Waals surface area contributed by atoms with Gasteiger partial charge in [-0.1, -0.05) is 65.7 Å². The molecule has 1 aliphatic heterocycles. The van der Waals surface area contributed by atoms with Crippen LogP contribution in [0.1, 0.15) is 34.3 Å². The average molecular weight is 546 g/mol. The Bertz CT molecular complexity index is 1340. The molecule has 1 amide bonds. The van der Waals surface area contributed by atoms with E-state index in [1.54, 1.807) is 24.3 Å². The van der Waals surface area contributed by atoms with Crippen LogP contribution in [-0.2, 0) is 13.1 Å². The van der Waals surface area contributed by atoms with Gasteiger partial charge in [-0.3, -0.25) is 9.69 Å². The van der Waals surface area contributed by atoms with Crippen LogP contribution in [0.5, 0.6) is 11.5 Å². The van der Waals surface area contributed by atoms with Crippen LogP contribution < -0.4 is 4.74 Å². The molecular formula is C32H30Cl2N2O2. The highest BCUT2D eigenvalue weighted by Crippen LogP contribution is 2.27. The second kappa shape index (κ2) is 12.5. The lowest BCUT2D eigenvalue weighted by molar-refractivity contribution is 0.0542. The van der Waals surface area contributed by atoms with Crippen molar-refractivity contribution in [2.75, 3.05) is 13.1 Å². The molecule has 0 N–H and O–H groups in total. The van der Waals surface area contributed by atoms with Crippen LogP contribution in [0.3, 0.4) is 0 Å². The SMILES string of the molecule is O=C(c1ccc(Cl)cc1)N(Cc1cccc(Oc2ccc(Cl)cc2)c1)C1CCN(Cc2ccccc2)CC1. The van der Waals surface area contributed by atoms with Crippen molar-refractivity contribution in [1.82, 2.24) is 9.80 Å². The molecule has 0 spiro atoms. The Morgan fingerprint density at radius 2 is 1.39 bits per heavy atom. The number of rotatable bonds is 8. The Morgan fingerprint density at radius 3 is 2.08 bits per heavy atom. The maximum absolute atomic E-state index is 13.8. The molecule has 1 aliphatic rings. The van der Waals surface area contributed by atoms with E-state index in [-0.39, 0.29) is 11.9 Å². The molecule has 194 valence electrons. The van der Waals surface area contributed by atoms with Crippen molar-refractivity contribution in [3.63, 3.8) is 0 Å². The van der Waals surface area contributed by atoms with Gasteiger partial charge in [0.25, 0.3) is 5.91 Å². The fourth-order valence-electron chi connectivity index (χ4n) is 4.90. The van der Waals surface area contributed by atoms with E-state index in [1.165, 1.54) is 5.56 Å². The summed E-state index contributed by atoms with van der Waals surface area (Å²) in [6.45, 7) is 3.33. The monoisotopic (exact) mass is 544 g/mol. The minimum Gasteiger partial charge on any atom is -0.457 e. The zero-order valence-corrected chi connectivity index (χ0v) is 22.6. The van der Waals surface area contributed by atoms with E-state index < -0.39 is 0 Å². The number of ether oxygens (including phenoxy) is 1. The number of benzene rings is 4. The minimum absolute atomic E-state index is 0.0206. The highest BCUT2D eigenvalue weighted by Gasteiger charge is 2.29. The lowest BCUT2D eigenvalue weighted by atomic mass is 10.00. The van der Waals surface area contributed by atoms with Crippen LogP contribution in [0.4, 0.5) is 0 Å². The normalized spacial score (nSPS) is 14.3. The Hall–Kier alpha value is -3.31. The number of hydrogen-bond acceptors (Lipinski definition) is 3. The van der Waals surface area contributed by atoms with Crippen LogP contribution in [0.25, 0.3) is 0 Å². The molecule has 0 saturated carbocycles. The molecule has 0 radical (unpaired) electrons. The first-order valence-electron chi connectivity index (χ1n) is 12.9. The number of hydrogen-bond donors (Lipinski definition) is 0. The molecule has 0 bridgehead atoms. The van der Waals surface area contributed by atoms with Gasteiger partial charge in [-0.25, -0.2) is 0 Å². The number of likely N-dealkylation sites (tertiary alicyclic amines) is 1. The number of carbonyl (C=O) groups excluding carboxylic acids is 1. The van der Waals surface area contributed by atoms with Crippen molar-refractivity contribution in [2.24, 2.45) is 0 Å². The lowest BCUT2D eigenvalue weighted by Gasteiger charge is -2.39. The summed E-state index contributed by atoms with van der Waals surface area (Å²) in [5, 5.41) is 1.28. The predicted octanol–water partition coefficient (Wildman–Crippen LogP) is 8.09. The highest BCUT2D eigenvalue weighted by atomic mass is 35.5. The minimum atomic E-state index is 0.0206. The van der Waals surface area contributed by atoms with Crippen LogP contribution in [0.15, 0.2) is 103 Å². The number of piperidine rings is 1. The number of carbonyl (C=O) groups is 1. The summed E-state index contributed by atoms with van der Waals surface area (Å²) in [4.78, 5) is 18.3. The summed E-state index contributed by atoms with van der Waals surface area (Å²) in [6.07, 6.45) is 1.85. The van der Waals surface area contributed by atoms with Crippen molar-refractivity contribution in [3.8, 4) is 11.5 Å². The van der Waals surface area contributed by atoms with Crippen molar-refractivity contribution in [3.05, 3.63) is 130 Å². The molecule has 38 heavy (non-hydrogen) atoms. The van der Waals surface area contributed by atoms with Crippen molar-refractivity contribution in [2.45, 2.75) is 32.0 Å². The summed E-state index contributed by atoms with van der Waals surface area (Å²) in [7, 11) is 0. The molecule has 5 rings (SSSR count). The van der Waals surface area contributed by atoms with E-state index in [0.717, 1.165) is 43.8 Å². The number of halogens is 2. The maximum Gasteiger partial charge on any atom is 0.254 e. The molecule has 1 saturated heterocycles. The fraction of sp³-hybridized carbons (Fsp3) is 0.219. The summed E-state index contributed by atoms with van der Waals surface area (Å²) in [5.74, 6) is 1.46. The molecule has 4 aromatic carbocycles. The molecule has 1 heterocycles. The topological polar surface area (TPSA) is 32.8 Å². The molecule has 0 aromatic heterocycles. The molecule has 0 atom stereocenters. The molecule has 0 unspecified atom stereocenters. The molecule has 6 heteroatoms. The van der Waals surface area contributed by atoms with Crippen LogP contribution in [-0.4, -0.2) is 34.8 Å². The van der Waals surface area contributed by atoms with Gasteiger partial charge in [0.2, 0.25) is 0 Å². The van der Waals surface area contributed by atoms with Crippen LogP contribution >= 0.6 is 23.2 Å². The standard InChI is InChI=1S/C32H30Cl2N2O2/c33-27-11-9-26(10-12-27)32(37)36(29-17-19-35(20-18-29)22-24-5-2-1-3-6-24)23-25-7-4-8-31(21-25)38-30-15-13-28(34)14-16-30/h1-16,21,29H,17-20,22-23H2. The molecule has 4 aromatic rings. The number of nitrogens with zero attached hydrogens (tertiary/aromatic N) is 2. The smallest absolute Gasteiger partial charge is 0.254 e. The molecule has 4 nitrogen and oxygen atoms in total. The Balaban J connectivity index is 1.32. The van der Waals surface area contributed by atoms with E-state index in [4.69, 9.17) is 27.9 Å². The third kappa shape index (κ3) is 6.96. The quantitative estimate of drug-likeness (QED) is 0.224. The van der Waals surface area contributed by atoms with Crippen molar-refractivity contribution >= 4 is 29.1 Å². The Morgan fingerprint density at radius 1 is 0.763 bits per heavy atom. The second-order valence-corrected chi connectivity index (χ2v) is 10.5. The summed E-state index contributed by atoms with van der Waals surface area (Å²) < 4.78 is 6.05. The average Bonchev–Trinajstić information content (AvgIpc) is 2.94. The van der Waals surface area contributed by atoms with Gasteiger partial charge < -0.3 is 9.64 Å². The summed E-state index contributed by atoms with van der Waals surface area (Å²) in [6, 6.07) is 33.1. The van der Waals surface area contributed by atoms with Crippen molar-refractivity contribution in [1.29, 1.82) is 0 Å². The van der Waals surface area contributed by atoms with E-state index in [1.807, 2.05) is 59.5 Å². The first-order chi connectivity index (χ1) is 18.5. The second-order valence-electron chi connectivity index (χ2n) is 9.64. The Labute approximate surface area is 234 Å². The van der Waals surface area contributed by atoms with E-state index in [2.05, 4.69) is 29.2 Å². The summed E-state index contributed by atoms with van der Waals surface area (Å²) >= 11 is 12.1. The third-order valence-electron chi connectivity index (χ3n) is 6.90. The molecule has 0 aliphatic carbocycles. The zero-order chi connectivity index (χ0) is 26.3. The van der Waals surface area contributed by atoms with Gasteiger partial charge in [-0.05, 0) is 84.6 Å². The van der Waals surface area contributed by atoms with Gasteiger partial charge in [0, 0.05) is 47.8 Å². The largest absolute Gasteiger partial charge is 0.457 e. The molecule has 1 fully saturated rings. The van der Waals surface area contributed by atoms with E-state index >= 15 is 0 Å². The third-order valence-corrected chi connectivity index (χ3v) is 7.40. The summed E-state index contributed by atoms with van der Waals surface area (Å²) in [5.41, 5.74) is 2.98. The molecular weight excluding hydrogens is 515 g/mol. The number of amides is 1. The Kier molecular flexibility index (Phi) is 8.65. The van der Waals surface area contributed by atoms with Crippen LogP contribution in [0.2, 0.25) is 10.0 Å². The van der Waals surface area contributed by atoms with E-state index in [9.17, 15) is 4.79 Å². The lowest BCUT2D eigenvalue weighted by Crippen LogP contribution is -2.46. The first kappa shape index (κ1) is 26.3. The zero-order valence-electron chi connectivity index (χ0n) is 21.1. The van der Waals surface area contributed by atoms with Crippen molar-refractivity contribution < 1.29 is 9.53 Å². The maximum atomic E-state index is 13.8. The van der Waals surface area contributed by atoms with E-state index in [0.29, 0.717) is 27.9 Å². The van der Waals surface area contributed by atoms with Gasteiger partial charge in [-0.2, -0.15) is 0 Å². The van der Waals surface area contributed by atoms with Crippen LogP contribution in [0, 0.1) is 0 Å². The predicted molar refractivity (Wildman–Crippen MR) is 154 cm³/mol. The van der Waals surface area contributed by atoms with Gasteiger partial charge in [0.1, 0.15) is 11.5 Å². The highest BCUT2D eigenvalue weighted by molar-refractivity contribution is 6.30. The van der Waals surface area contributed by atoms with Gasteiger partial charge >= 0.3 is 0 Å². The van der Waals surface area contributed by atoms with Gasteiger partial charge in [-0.15, -0.1) is 0 Å². The fourth-order valence-corrected chi connectivity index (χ4v) is 5.15. The van der Waals surface area contributed by atoms with Gasteiger partial charge in [0.15, 0.2) is 0 Å².